The molecule has 1 aliphatic heterocycles. The van der Waals surface area contributed by atoms with Crippen LogP contribution in [0.4, 0.5) is 14.5 Å². The van der Waals surface area contributed by atoms with Crippen LogP contribution < -0.4 is 4.90 Å². The minimum absolute atomic E-state index is 0.0596. The average Bonchev–Trinajstić information content (AvgIpc) is 2.56. The van der Waals surface area contributed by atoms with Gasteiger partial charge in [0.15, 0.2) is 0 Å². The second kappa shape index (κ2) is 7.94. The van der Waals surface area contributed by atoms with Gasteiger partial charge in [0, 0.05) is 35.4 Å². The van der Waals surface area contributed by atoms with Crippen molar-refractivity contribution >= 4 is 69.1 Å². The molecule has 1 fully saturated rings. The topological polar surface area (TPSA) is 33.2 Å². The molecule has 0 bridgehead atoms. The quantitative estimate of drug-likeness (QED) is 0.397. The standard InChI is InChI=1S/C16H11Cl2F2IN2OS/c17-10-6-22-16(21)14(18)15(10)23-7-9(2-4-13(23)24)25-12-3-1-8(19)5-11(12)20/h1,3,5-6,9H,2,4,7H2. The van der Waals surface area contributed by atoms with Gasteiger partial charge in [-0.15, -0.1) is 11.8 Å². The minimum atomic E-state index is -0.618. The number of halogens is 5. The number of anilines is 1. The number of carbonyl (C=O) groups excluding carboxylic acids is 1. The first kappa shape index (κ1) is 19.1. The van der Waals surface area contributed by atoms with E-state index in [-0.39, 0.29) is 16.2 Å². The first-order valence-corrected chi connectivity index (χ1v) is 10.00. The van der Waals surface area contributed by atoms with Crippen LogP contribution in [0.2, 0.25) is 10.0 Å². The minimum Gasteiger partial charge on any atom is -0.308 e. The van der Waals surface area contributed by atoms with Crippen molar-refractivity contribution in [3.63, 3.8) is 0 Å². The lowest BCUT2D eigenvalue weighted by atomic mass is 10.1. The van der Waals surface area contributed by atoms with Crippen LogP contribution in [0.15, 0.2) is 29.3 Å². The Morgan fingerprint density at radius 3 is 2.80 bits per heavy atom. The van der Waals surface area contributed by atoms with E-state index in [2.05, 4.69) is 4.98 Å². The lowest BCUT2D eigenvalue weighted by Gasteiger charge is -2.33. The van der Waals surface area contributed by atoms with E-state index in [0.29, 0.717) is 38.7 Å². The number of aromatic nitrogens is 1. The normalized spacial score (nSPS) is 17.9. The molecule has 1 unspecified atom stereocenters. The fraction of sp³-hybridized carbons (Fsp3) is 0.250. The molecule has 2 heterocycles. The molecular formula is C16H11Cl2F2IN2OS. The molecule has 3 rings (SSSR count). The van der Waals surface area contributed by atoms with Crippen molar-refractivity contribution in [1.82, 2.24) is 4.98 Å². The number of benzene rings is 1. The highest BCUT2D eigenvalue weighted by Crippen LogP contribution is 2.40. The van der Waals surface area contributed by atoms with Crippen molar-refractivity contribution in [1.29, 1.82) is 0 Å². The molecule has 1 aromatic heterocycles. The van der Waals surface area contributed by atoms with E-state index in [1.807, 2.05) is 22.6 Å². The Labute approximate surface area is 171 Å². The number of pyridine rings is 1. The highest BCUT2D eigenvalue weighted by molar-refractivity contribution is 14.1. The number of nitrogens with zero attached hydrogens (tertiary/aromatic N) is 2. The van der Waals surface area contributed by atoms with E-state index >= 15 is 0 Å². The van der Waals surface area contributed by atoms with Gasteiger partial charge in [0.2, 0.25) is 5.91 Å². The van der Waals surface area contributed by atoms with Gasteiger partial charge in [0.1, 0.15) is 15.3 Å². The molecule has 1 amide bonds. The van der Waals surface area contributed by atoms with Crippen LogP contribution in [0, 0.1) is 15.3 Å². The SMILES string of the molecule is O=C1CCC(Sc2ccc(F)cc2F)CN1c1c(Cl)cnc(I)c1Cl. The van der Waals surface area contributed by atoms with Crippen LogP contribution in [0.5, 0.6) is 0 Å². The van der Waals surface area contributed by atoms with Gasteiger partial charge < -0.3 is 4.90 Å². The number of amides is 1. The molecule has 25 heavy (non-hydrogen) atoms. The molecular weight excluding hydrogens is 504 g/mol. The maximum atomic E-state index is 13.9. The largest absolute Gasteiger partial charge is 0.308 e. The predicted molar refractivity (Wildman–Crippen MR) is 105 cm³/mol. The molecule has 1 aliphatic rings. The van der Waals surface area contributed by atoms with E-state index in [4.69, 9.17) is 23.2 Å². The van der Waals surface area contributed by atoms with Crippen LogP contribution in [-0.4, -0.2) is 22.7 Å². The van der Waals surface area contributed by atoms with Gasteiger partial charge in [0.25, 0.3) is 0 Å². The van der Waals surface area contributed by atoms with Gasteiger partial charge in [-0.05, 0) is 41.1 Å². The van der Waals surface area contributed by atoms with Crippen LogP contribution in [-0.2, 0) is 4.79 Å². The number of carbonyl (C=O) groups is 1. The predicted octanol–water partition coefficient (Wildman–Crippen LogP) is 5.56. The second-order valence-corrected chi connectivity index (χ2v) is 8.57. The van der Waals surface area contributed by atoms with Crippen molar-refractivity contribution in [3.8, 4) is 0 Å². The summed E-state index contributed by atoms with van der Waals surface area (Å²) < 4.78 is 27.5. The van der Waals surface area contributed by atoms with Gasteiger partial charge in [-0.25, -0.2) is 13.8 Å². The van der Waals surface area contributed by atoms with Gasteiger partial charge >= 0.3 is 0 Å². The molecule has 1 aromatic carbocycles. The Morgan fingerprint density at radius 2 is 2.08 bits per heavy atom. The van der Waals surface area contributed by atoms with Gasteiger partial charge in [-0.1, -0.05) is 23.2 Å². The first-order valence-electron chi connectivity index (χ1n) is 7.28. The lowest BCUT2D eigenvalue weighted by Crippen LogP contribution is -2.41. The summed E-state index contributed by atoms with van der Waals surface area (Å²) in [7, 11) is 0. The van der Waals surface area contributed by atoms with Gasteiger partial charge in [0.05, 0.1) is 15.7 Å². The van der Waals surface area contributed by atoms with E-state index in [0.717, 1.165) is 6.07 Å². The van der Waals surface area contributed by atoms with Crippen LogP contribution in [0.25, 0.3) is 0 Å². The fourth-order valence-electron chi connectivity index (χ4n) is 2.56. The third kappa shape index (κ3) is 4.20. The molecule has 0 N–H and O–H groups in total. The van der Waals surface area contributed by atoms with Crippen LogP contribution >= 0.6 is 57.6 Å². The maximum Gasteiger partial charge on any atom is 0.227 e. The second-order valence-electron chi connectivity index (χ2n) is 5.42. The number of hydrogen-bond acceptors (Lipinski definition) is 3. The Morgan fingerprint density at radius 1 is 1.32 bits per heavy atom. The van der Waals surface area contributed by atoms with Crippen LogP contribution in [0.1, 0.15) is 12.8 Å². The Bertz CT molecular complexity index is 840. The monoisotopic (exact) mass is 514 g/mol. The zero-order chi connectivity index (χ0) is 18.1. The summed E-state index contributed by atoms with van der Waals surface area (Å²) in [6.07, 6.45) is 2.34. The number of piperidine rings is 1. The highest BCUT2D eigenvalue weighted by Gasteiger charge is 2.31. The fourth-order valence-corrected chi connectivity index (χ4v) is 4.64. The van der Waals surface area contributed by atoms with Crippen molar-refractivity contribution in [3.05, 3.63) is 49.8 Å². The molecule has 132 valence electrons. The Kier molecular flexibility index (Phi) is 6.07. The van der Waals surface area contributed by atoms with Gasteiger partial charge in [-0.3, -0.25) is 4.79 Å². The average molecular weight is 515 g/mol. The molecule has 0 spiro atoms. The Hall–Kier alpha value is -0.640. The van der Waals surface area contributed by atoms with Crippen LogP contribution in [0.3, 0.4) is 0 Å². The molecule has 2 aromatic rings. The Balaban J connectivity index is 1.85. The summed E-state index contributed by atoms with van der Waals surface area (Å²) in [6.45, 7) is 0.333. The van der Waals surface area contributed by atoms with Crippen molar-refractivity contribution in [2.45, 2.75) is 23.0 Å². The summed E-state index contributed by atoms with van der Waals surface area (Å²) in [6, 6.07) is 3.48. The molecule has 0 saturated carbocycles. The molecule has 1 atom stereocenters. The summed E-state index contributed by atoms with van der Waals surface area (Å²) in [5.41, 5.74) is 0.428. The van der Waals surface area contributed by atoms with Crippen molar-refractivity contribution < 1.29 is 13.6 Å². The summed E-state index contributed by atoms with van der Waals surface area (Å²) in [4.78, 5) is 18.3. The van der Waals surface area contributed by atoms with E-state index in [1.54, 1.807) is 0 Å². The number of rotatable bonds is 3. The smallest absolute Gasteiger partial charge is 0.227 e. The third-order valence-electron chi connectivity index (χ3n) is 3.73. The summed E-state index contributed by atoms with van der Waals surface area (Å²) in [5.74, 6) is -1.32. The van der Waals surface area contributed by atoms with E-state index < -0.39 is 11.6 Å². The van der Waals surface area contributed by atoms with Crippen molar-refractivity contribution in [2.75, 3.05) is 11.4 Å². The lowest BCUT2D eigenvalue weighted by molar-refractivity contribution is -0.119. The zero-order valence-corrected chi connectivity index (χ0v) is 17.1. The summed E-state index contributed by atoms with van der Waals surface area (Å²) >= 11 is 15.7. The molecule has 0 aliphatic carbocycles. The molecule has 0 radical (unpaired) electrons. The molecule has 1 saturated heterocycles. The number of thioether (sulfide) groups is 1. The van der Waals surface area contributed by atoms with E-state index in [9.17, 15) is 13.6 Å². The first-order chi connectivity index (χ1) is 11.9. The number of hydrogen-bond donors (Lipinski definition) is 0. The van der Waals surface area contributed by atoms with Gasteiger partial charge in [-0.2, -0.15) is 0 Å². The summed E-state index contributed by atoms with van der Waals surface area (Å²) in [5, 5.41) is 0.549. The molecule has 9 heteroatoms. The zero-order valence-electron chi connectivity index (χ0n) is 12.6. The third-order valence-corrected chi connectivity index (χ3v) is 6.81. The van der Waals surface area contributed by atoms with E-state index in [1.165, 1.54) is 35.0 Å². The van der Waals surface area contributed by atoms with Crippen molar-refractivity contribution in [2.24, 2.45) is 0 Å². The maximum absolute atomic E-state index is 13.9. The molecule has 3 nitrogen and oxygen atoms in total. The highest BCUT2D eigenvalue weighted by atomic mass is 127.